The Morgan fingerprint density at radius 2 is 1.93 bits per heavy atom. The van der Waals surface area contributed by atoms with Crippen molar-refractivity contribution in [1.29, 1.82) is 0 Å². The van der Waals surface area contributed by atoms with Crippen LogP contribution in [0.2, 0.25) is 0 Å². The molecule has 1 aliphatic carbocycles. The third kappa shape index (κ3) is 3.79. The molecule has 1 fully saturated rings. The van der Waals surface area contributed by atoms with Gasteiger partial charge in [0.2, 0.25) is 0 Å². The monoisotopic (exact) mass is 393 g/mol. The minimum atomic E-state index is -1.08. The summed E-state index contributed by atoms with van der Waals surface area (Å²) < 4.78 is 7.06. The lowest BCUT2D eigenvalue weighted by Gasteiger charge is -2.13. The summed E-state index contributed by atoms with van der Waals surface area (Å²) in [4.78, 5) is 24.0. The Morgan fingerprint density at radius 1 is 1.17 bits per heavy atom. The second-order valence-corrected chi connectivity index (χ2v) is 6.96. The van der Waals surface area contributed by atoms with Crippen LogP contribution < -0.4 is 10.1 Å². The summed E-state index contributed by atoms with van der Waals surface area (Å²) in [6, 6.07) is 9.66. The zero-order valence-electron chi connectivity index (χ0n) is 15.9. The predicted octanol–water partition coefficient (Wildman–Crippen LogP) is 2.81. The van der Waals surface area contributed by atoms with Crippen LogP contribution in [0.1, 0.15) is 50.9 Å². The van der Waals surface area contributed by atoms with Crippen LogP contribution in [0, 0.1) is 6.92 Å². The first-order chi connectivity index (χ1) is 14.0. The normalized spacial score (nSPS) is 13.2. The fourth-order valence-electron chi connectivity index (χ4n) is 3.14. The van der Waals surface area contributed by atoms with E-state index in [0.717, 1.165) is 18.7 Å². The Kier molecular flexibility index (Phi) is 4.71. The van der Waals surface area contributed by atoms with Crippen LogP contribution in [0.3, 0.4) is 0 Å². The third-order valence-electron chi connectivity index (χ3n) is 4.69. The maximum atomic E-state index is 12.7. The summed E-state index contributed by atoms with van der Waals surface area (Å²) in [5, 5.41) is 24.0. The highest BCUT2D eigenvalue weighted by Crippen LogP contribution is 2.40. The fourth-order valence-corrected chi connectivity index (χ4v) is 3.14. The first kappa shape index (κ1) is 18.6. The summed E-state index contributed by atoms with van der Waals surface area (Å²) in [7, 11) is 1.55. The van der Waals surface area contributed by atoms with E-state index in [4.69, 9.17) is 4.74 Å². The Hall–Kier alpha value is -3.75. The summed E-state index contributed by atoms with van der Waals surface area (Å²) >= 11 is 0. The molecule has 0 spiro atoms. The van der Waals surface area contributed by atoms with Gasteiger partial charge in [-0.1, -0.05) is 0 Å². The van der Waals surface area contributed by atoms with Gasteiger partial charge in [0.15, 0.2) is 5.82 Å². The fraction of sp³-hybridized carbons (Fsp3) is 0.250. The van der Waals surface area contributed by atoms with Crippen LogP contribution in [-0.4, -0.2) is 44.3 Å². The number of aryl methyl sites for hydroxylation is 1. The SMILES string of the molecule is COc1ccc(NC(=O)c2cc(C)cc(C(=O)O)c2)cc1-n1nnnc1C1CC1. The Labute approximate surface area is 166 Å². The molecule has 2 N–H and O–H groups in total. The predicted molar refractivity (Wildman–Crippen MR) is 104 cm³/mol. The summed E-state index contributed by atoms with van der Waals surface area (Å²) in [6.07, 6.45) is 2.08. The second kappa shape index (κ2) is 7.34. The zero-order valence-corrected chi connectivity index (χ0v) is 15.9. The van der Waals surface area contributed by atoms with E-state index in [2.05, 4.69) is 20.8 Å². The van der Waals surface area contributed by atoms with Crippen molar-refractivity contribution in [3.8, 4) is 11.4 Å². The molecule has 29 heavy (non-hydrogen) atoms. The van der Waals surface area contributed by atoms with Gasteiger partial charge in [-0.15, -0.1) is 5.10 Å². The van der Waals surface area contributed by atoms with E-state index in [1.54, 1.807) is 43.0 Å². The van der Waals surface area contributed by atoms with Gasteiger partial charge in [-0.3, -0.25) is 4.79 Å². The lowest BCUT2D eigenvalue weighted by molar-refractivity contribution is 0.0696. The van der Waals surface area contributed by atoms with E-state index >= 15 is 0 Å². The van der Waals surface area contributed by atoms with E-state index in [9.17, 15) is 14.7 Å². The minimum absolute atomic E-state index is 0.0633. The number of anilines is 1. The zero-order chi connectivity index (χ0) is 20.5. The van der Waals surface area contributed by atoms with E-state index in [0.29, 0.717) is 28.6 Å². The molecule has 1 aromatic heterocycles. The highest BCUT2D eigenvalue weighted by molar-refractivity contribution is 6.06. The number of benzene rings is 2. The number of nitrogens with one attached hydrogen (secondary N) is 1. The molecule has 4 rings (SSSR count). The number of carboxylic acid groups (broad SMARTS) is 1. The number of methoxy groups -OCH3 is 1. The van der Waals surface area contributed by atoms with Crippen LogP contribution in [0.25, 0.3) is 5.69 Å². The van der Waals surface area contributed by atoms with Crippen molar-refractivity contribution in [2.45, 2.75) is 25.7 Å². The van der Waals surface area contributed by atoms with Crippen molar-refractivity contribution in [1.82, 2.24) is 20.2 Å². The first-order valence-electron chi connectivity index (χ1n) is 9.09. The number of carbonyl (C=O) groups is 2. The van der Waals surface area contributed by atoms with Crippen molar-refractivity contribution in [2.75, 3.05) is 12.4 Å². The van der Waals surface area contributed by atoms with E-state index in [1.165, 1.54) is 12.1 Å². The third-order valence-corrected chi connectivity index (χ3v) is 4.69. The van der Waals surface area contributed by atoms with E-state index in [1.807, 2.05) is 0 Å². The molecule has 1 saturated carbocycles. The molecule has 0 radical (unpaired) electrons. The molecule has 1 amide bonds. The number of hydrogen-bond donors (Lipinski definition) is 2. The number of aromatic carboxylic acids is 1. The van der Waals surface area contributed by atoms with Crippen LogP contribution in [-0.2, 0) is 0 Å². The molecule has 9 heteroatoms. The van der Waals surface area contributed by atoms with Gasteiger partial charge in [0.25, 0.3) is 5.91 Å². The van der Waals surface area contributed by atoms with E-state index in [-0.39, 0.29) is 11.1 Å². The number of amides is 1. The summed E-state index contributed by atoms with van der Waals surface area (Å²) in [6.45, 7) is 1.74. The first-order valence-corrected chi connectivity index (χ1v) is 9.09. The molecule has 148 valence electrons. The number of carbonyl (C=O) groups excluding carboxylic acids is 1. The molecule has 0 unspecified atom stereocenters. The standard InChI is InChI=1S/C20H19N5O4/c1-11-7-13(9-14(8-11)20(27)28)19(26)21-15-5-6-17(29-2)16(10-15)25-18(12-3-4-12)22-23-24-25/h5-10,12H,3-4H2,1-2H3,(H,21,26)(H,27,28). The number of nitrogens with zero attached hydrogens (tertiary/aromatic N) is 4. The van der Waals surface area contributed by atoms with Crippen molar-refractivity contribution in [3.05, 3.63) is 58.9 Å². The number of aromatic nitrogens is 4. The van der Waals surface area contributed by atoms with Crippen molar-refractivity contribution < 1.29 is 19.4 Å². The van der Waals surface area contributed by atoms with Gasteiger partial charge in [0.05, 0.1) is 12.7 Å². The highest BCUT2D eigenvalue weighted by atomic mass is 16.5. The van der Waals surface area contributed by atoms with Crippen LogP contribution in [0.4, 0.5) is 5.69 Å². The number of hydrogen-bond acceptors (Lipinski definition) is 6. The second-order valence-electron chi connectivity index (χ2n) is 6.96. The Balaban J connectivity index is 1.65. The average Bonchev–Trinajstić information content (AvgIpc) is 3.43. The van der Waals surface area contributed by atoms with Gasteiger partial charge in [0, 0.05) is 17.2 Å². The highest BCUT2D eigenvalue weighted by Gasteiger charge is 2.30. The number of carboxylic acids is 1. The lowest BCUT2D eigenvalue weighted by Crippen LogP contribution is -2.14. The molecule has 0 aliphatic heterocycles. The number of rotatable bonds is 6. The molecule has 0 atom stereocenters. The molecule has 2 aromatic carbocycles. The maximum absolute atomic E-state index is 12.7. The number of ether oxygens (including phenoxy) is 1. The van der Waals surface area contributed by atoms with Crippen molar-refractivity contribution in [3.63, 3.8) is 0 Å². The summed E-state index contributed by atoms with van der Waals surface area (Å²) in [5.74, 6) is 0.166. The molecule has 9 nitrogen and oxygen atoms in total. The molecule has 1 aliphatic rings. The van der Waals surface area contributed by atoms with Crippen molar-refractivity contribution in [2.24, 2.45) is 0 Å². The van der Waals surface area contributed by atoms with E-state index < -0.39 is 11.9 Å². The molecule has 3 aromatic rings. The lowest BCUT2D eigenvalue weighted by atomic mass is 10.1. The quantitative estimate of drug-likeness (QED) is 0.661. The van der Waals surface area contributed by atoms with Gasteiger partial charge in [-0.05, 0) is 72.2 Å². The molecule has 0 saturated heterocycles. The topological polar surface area (TPSA) is 119 Å². The van der Waals surface area contributed by atoms with Gasteiger partial charge in [0.1, 0.15) is 11.4 Å². The number of tetrazole rings is 1. The largest absolute Gasteiger partial charge is 0.494 e. The van der Waals surface area contributed by atoms with Crippen LogP contribution in [0.5, 0.6) is 5.75 Å². The van der Waals surface area contributed by atoms with Crippen LogP contribution in [0.15, 0.2) is 36.4 Å². The summed E-state index contributed by atoms with van der Waals surface area (Å²) in [5.41, 5.74) is 2.15. The van der Waals surface area contributed by atoms with Crippen molar-refractivity contribution >= 4 is 17.6 Å². The molecule has 0 bridgehead atoms. The molecule has 1 heterocycles. The van der Waals surface area contributed by atoms with Crippen LogP contribution >= 0.6 is 0 Å². The van der Waals surface area contributed by atoms with Gasteiger partial charge in [-0.25, -0.2) is 4.79 Å². The van der Waals surface area contributed by atoms with Gasteiger partial charge < -0.3 is 15.2 Å². The smallest absolute Gasteiger partial charge is 0.335 e. The Morgan fingerprint density at radius 3 is 2.62 bits per heavy atom. The molecular formula is C20H19N5O4. The Bertz CT molecular complexity index is 1100. The minimum Gasteiger partial charge on any atom is -0.494 e. The van der Waals surface area contributed by atoms with Gasteiger partial charge in [-0.2, -0.15) is 4.68 Å². The van der Waals surface area contributed by atoms with Gasteiger partial charge >= 0.3 is 5.97 Å². The maximum Gasteiger partial charge on any atom is 0.335 e. The average molecular weight is 393 g/mol. The molecular weight excluding hydrogens is 374 g/mol.